The molecule has 0 aliphatic heterocycles. The van der Waals surface area contributed by atoms with Crippen molar-refractivity contribution in [2.45, 2.75) is 13.3 Å². The monoisotopic (exact) mass is 235 g/mol. The molecule has 0 aromatic carbocycles. The number of aliphatic carboxylic acids is 1. The number of carboxylic acid groups (broad SMARTS) is 1. The Hall–Kier alpha value is -2.18. The van der Waals surface area contributed by atoms with Gasteiger partial charge in [0.25, 0.3) is 0 Å². The van der Waals surface area contributed by atoms with Gasteiger partial charge in [0.05, 0.1) is 6.33 Å². The second kappa shape index (κ2) is 4.77. The molecule has 90 valence electrons. The lowest BCUT2D eigenvalue weighted by Crippen LogP contribution is -2.31. The van der Waals surface area contributed by atoms with Gasteiger partial charge in [-0.2, -0.15) is 0 Å². The number of anilines is 1. The van der Waals surface area contributed by atoms with Gasteiger partial charge in [0.15, 0.2) is 11.5 Å². The quantitative estimate of drug-likeness (QED) is 0.790. The fraction of sp³-hybridized carbons (Fsp3) is 0.400. The molecule has 7 heteroatoms. The number of carboxylic acids is 1. The molecule has 2 N–H and O–H groups in total. The van der Waals surface area contributed by atoms with Gasteiger partial charge in [-0.1, -0.05) is 6.92 Å². The minimum Gasteiger partial charge on any atom is -0.480 e. The normalized spacial score (nSPS) is 10.6. The molecule has 0 unspecified atom stereocenters. The number of hydrogen-bond donors (Lipinski definition) is 2. The number of H-pyrrole nitrogens is 1. The molecule has 0 saturated carbocycles. The largest absolute Gasteiger partial charge is 0.480 e. The Labute approximate surface area is 97.5 Å². The van der Waals surface area contributed by atoms with Crippen LogP contribution in [0.25, 0.3) is 11.2 Å². The van der Waals surface area contributed by atoms with Crippen LogP contribution in [0.2, 0.25) is 0 Å². The number of aromatic nitrogens is 4. The second-order valence-corrected chi connectivity index (χ2v) is 3.61. The third kappa shape index (κ3) is 2.32. The van der Waals surface area contributed by atoms with Crippen LogP contribution in [-0.2, 0) is 4.79 Å². The van der Waals surface area contributed by atoms with E-state index in [0.717, 1.165) is 6.42 Å². The maximum Gasteiger partial charge on any atom is 0.323 e. The molecule has 17 heavy (non-hydrogen) atoms. The van der Waals surface area contributed by atoms with Crippen molar-refractivity contribution < 1.29 is 9.90 Å². The molecular weight excluding hydrogens is 222 g/mol. The molecule has 2 rings (SSSR count). The maximum absolute atomic E-state index is 10.8. The SMILES string of the molecule is CCCN(CC(=O)O)c1ncnc2nc[nH]c12. The molecule has 0 amide bonds. The van der Waals surface area contributed by atoms with E-state index >= 15 is 0 Å². The van der Waals surface area contributed by atoms with Crippen LogP contribution in [0.4, 0.5) is 5.82 Å². The lowest BCUT2D eigenvalue weighted by atomic mass is 10.3. The van der Waals surface area contributed by atoms with Gasteiger partial charge >= 0.3 is 5.97 Å². The van der Waals surface area contributed by atoms with Gasteiger partial charge in [-0.05, 0) is 6.42 Å². The number of nitrogens with zero attached hydrogens (tertiary/aromatic N) is 4. The topological polar surface area (TPSA) is 95.0 Å². The van der Waals surface area contributed by atoms with E-state index in [-0.39, 0.29) is 6.54 Å². The van der Waals surface area contributed by atoms with Gasteiger partial charge in [0.1, 0.15) is 18.4 Å². The van der Waals surface area contributed by atoms with Crippen molar-refractivity contribution in [1.82, 2.24) is 19.9 Å². The lowest BCUT2D eigenvalue weighted by Gasteiger charge is -2.20. The first-order chi connectivity index (χ1) is 8.22. The highest BCUT2D eigenvalue weighted by molar-refractivity contribution is 5.85. The van der Waals surface area contributed by atoms with Crippen LogP contribution in [0.15, 0.2) is 12.7 Å². The Balaban J connectivity index is 2.40. The number of imidazole rings is 1. The Kier molecular flexibility index (Phi) is 3.17. The summed E-state index contributed by atoms with van der Waals surface area (Å²) in [5, 5.41) is 8.88. The van der Waals surface area contributed by atoms with E-state index in [1.54, 1.807) is 4.90 Å². The minimum atomic E-state index is -0.885. The Morgan fingerprint density at radius 2 is 2.29 bits per heavy atom. The summed E-state index contributed by atoms with van der Waals surface area (Å²) in [4.78, 5) is 27.6. The molecule has 2 aromatic rings. The first-order valence-corrected chi connectivity index (χ1v) is 5.33. The van der Waals surface area contributed by atoms with Gasteiger partial charge < -0.3 is 15.0 Å². The van der Waals surface area contributed by atoms with Gasteiger partial charge in [-0.3, -0.25) is 4.79 Å². The lowest BCUT2D eigenvalue weighted by molar-refractivity contribution is -0.135. The number of nitrogens with one attached hydrogen (secondary N) is 1. The first kappa shape index (κ1) is 11.3. The Bertz CT molecular complexity index is 524. The van der Waals surface area contributed by atoms with Gasteiger partial charge in [-0.25, -0.2) is 15.0 Å². The van der Waals surface area contributed by atoms with Crippen LogP contribution < -0.4 is 4.90 Å². The summed E-state index contributed by atoms with van der Waals surface area (Å²) in [6.07, 6.45) is 3.75. The second-order valence-electron chi connectivity index (χ2n) is 3.61. The van der Waals surface area contributed by atoms with Crippen molar-refractivity contribution in [3.8, 4) is 0 Å². The fourth-order valence-electron chi connectivity index (χ4n) is 1.69. The molecule has 0 atom stereocenters. The van der Waals surface area contributed by atoms with Gasteiger partial charge in [0, 0.05) is 6.54 Å². The zero-order valence-electron chi connectivity index (χ0n) is 9.42. The number of carbonyl (C=O) groups is 1. The van der Waals surface area contributed by atoms with Gasteiger partial charge in [0.2, 0.25) is 0 Å². The molecular formula is C10H13N5O2. The molecule has 0 aliphatic carbocycles. The average Bonchev–Trinajstić information content (AvgIpc) is 2.75. The number of hydrogen-bond acceptors (Lipinski definition) is 5. The molecule has 0 fully saturated rings. The molecule has 0 bridgehead atoms. The van der Waals surface area contributed by atoms with Crippen LogP contribution in [0.1, 0.15) is 13.3 Å². The van der Waals surface area contributed by atoms with Crippen molar-refractivity contribution >= 4 is 23.0 Å². The van der Waals surface area contributed by atoms with Crippen LogP contribution in [-0.4, -0.2) is 44.1 Å². The maximum atomic E-state index is 10.8. The predicted octanol–water partition coefficient (Wildman–Crippen LogP) is 0.654. The van der Waals surface area contributed by atoms with Crippen molar-refractivity contribution in [2.75, 3.05) is 18.0 Å². The molecule has 0 radical (unpaired) electrons. The molecule has 0 spiro atoms. The standard InChI is InChI=1S/C10H13N5O2/c1-2-3-15(4-7(16)17)10-8-9(12-5-11-8)13-6-14-10/h5-6H,2-4H2,1H3,(H,16,17)(H,11,12,13,14). The smallest absolute Gasteiger partial charge is 0.323 e. The summed E-state index contributed by atoms with van der Waals surface area (Å²) in [6, 6.07) is 0. The zero-order valence-corrected chi connectivity index (χ0v) is 9.42. The molecule has 0 saturated heterocycles. The van der Waals surface area contributed by atoms with Crippen molar-refractivity contribution in [3.05, 3.63) is 12.7 Å². The first-order valence-electron chi connectivity index (χ1n) is 5.33. The molecule has 2 aromatic heterocycles. The summed E-state index contributed by atoms with van der Waals surface area (Å²) in [5.74, 6) is -0.304. The van der Waals surface area contributed by atoms with E-state index in [1.807, 2.05) is 6.92 Å². The highest BCUT2D eigenvalue weighted by Gasteiger charge is 2.15. The summed E-state index contributed by atoms with van der Waals surface area (Å²) < 4.78 is 0. The Morgan fingerprint density at radius 1 is 1.47 bits per heavy atom. The zero-order chi connectivity index (χ0) is 12.3. The highest BCUT2D eigenvalue weighted by Crippen LogP contribution is 2.19. The fourth-order valence-corrected chi connectivity index (χ4v) is 1.69. The minimum absolute atomic E-state index is 0.0844. The summed E-state index contributed by atoms with van der Waals surface area (Å²) >= 11 is 0. The van der Waals surface area contributed by atoms with E-state index in [1.165, 1.54) is 12.7 Å². The van der Waals surface area contributed by atoms with E-state index in [0.29, 0.717) is 23.5 Å². The highest BCUT2D eigenvalue weighted by atomic mass is 16.4. The van der Waals surface area contributed by atoms with Crippen LogP contribution in [0, 0.1) is 0 Å². The predicted molar refractivity (Wildman–Crippen MR) is 61.8 cm³/mol. The third-order valence-corrected chi connectivity index (χ3v) is 2.32. The van der Waals surface area contributed by atoms with Crippen LogP contribution in [0.3, 0.4) is 0 Å². The van der Waals surface area contributed by atoms with Crippen molar-refractivity contribution in [1.29, 1.82) is 0 Å². The summed E-state index contributed by atoms with van der Waals surface area (Å²) in [6.45, 7) is 2.52. The van der Waals surface area contributed by atoms with E-state index in [9.17, 15) is 4.79 Å². The van der Waals surface area contributed by atoms with E-state index in [4.69, 9.17) is 5.11 Å². The van der Waals surface area contributed by atoms with E-state index in [2.05, 4.69) is 19.9 Å². The molecule has 7 nitrogen and oxygen atoms in total. The Morgan fingerprint density at radius 3 is 3.00 bits per heavy atom. The van der Waals surface area contributed by atoms with Crippen LogP contribution >= 0.6 is 0 Å². The molecule has 2 heterocycles. The summed E-state index contributed by atoms with van der Waals surface area (Å²) in [7, 11) is 0. The number of fused-ring (bicyclic) bond motifs is 1. The van der Waals surface area contributed by atoms with E-state index < -0.39 is 5.97 Å². The van der Waals surface area contributed by atoms with Crippen molar-refractivity contribution in [3.63, 3.8) is 0 Å². The third-order valence-electron chi connectivity index (χ3n) is 2.32. The summed E-state index contributed by atoms with van der Waals surface area (Å²) in [5.41, 5.74) is 1.21. The van der Waals surface area contributed by atoms with Gasteiger partial charge in [-0.15, -0.1) is 0 Å². The average molecular weight is 235 g/mol. The van der Waals surface area contributed by atoms with Crippen molar-refractivity contribution in [2.24, 2.45) is 0 Å². The van der Waals surface area contributed by atoms with Crippen LogP contribution in [0.5, 0.6) is 0 Å². The number of rotatable bonds is 5. The number of aromatic amines is 1. The molecule has 0 aliphatic rings.